The molecule has 1 amide bonds. The number of aromatic nitrogens is 3. The minimum atomic E-state index is -0.598. The van der Waals surface area contributed by atoms with Gasteiger partial charge in [-0.1, -0.05) is 19.0 Å². The molecule has 0 aliphatic rings. The SMILES string of the molecule is Cc1nc(N=Nc2c(C(C)C)noc2O)n(C)c1C(N)=O. The van der Waals surface area contributed by atoms with Crippen molar-refractivity contribution in [3.8, 4) is 5.95 Å². The Labute approximate surface area is 120 Å². The Morgan fingerprint density at radius 2 is 2.10 bits per heavy atom. The zero-order valence-electron chi connectivity index (χ0n) is 12.2. The van der Waals surface area contributed by atoms with E-state index < -0.39 is 11.9 Å². The maximum Gasteiger partial charge on any atom is 0.337 e. The number of carbonyl (C=O) groups is 1. The van der Waals surface area contributed by atoms with Crippen molar-refractivity contribution in [3.63, 3.8) is 0 Å². The lowest BCUT2D eigenvalue weighted by Crippen LogP contribution is -2.16. The summed E-state index contributed by atoms with van der Waals surface area (Å²) < 4.78 is 6.12. The Morgan fingerprint density at radius 3 is 2.62 bits per heavy atom. The molecule has 2 aromatic heterocycles. The second kappa shape index (κ2) is 5.35. The number of aryl methyl sites for hydroxylation is 1. The summed E-state index contributed by atoms with van der Waals surface area (Å²) in [5.74, 6) is -0.812. The van der Waals surface area contributed by atoms with Crippen LogP contribution in [0.3, 0.4) is 0 Å². The second-order valence-electron chi connectivity index (χ2n) is 4.85. The van der Waals surface area contributed by atoms with E-state index in [1.807, 2.05) is 13.8 Å². The number of azo groups is 1. The van der Waals surface area contributed by atoms with Crippen molar-refractivity contribution in [2.75, 3.05) is 0 Å². The molecule has 0 aromatic carbocycles. The number of imidazole rings is 1. The van der Waals surface area contributed by atoms with Crippen LogP contribution in [0.2, 0.25) is 0 Å². The van der Waals surface area contributed by atoms with Crippen molar-refractivity contribution >= 4 is 17.5 Å². The van der Waals surface area contributed by atoms with Crippen molar-refractivity contribution in [1.82, 2.24) is 14.7 Å². The lowest BCUT2D eigenvalue weighted by Gasteiger charge is -1.99. The molecule has 2 aromatic rings. The van der Waals surface area contributed by atoms with Crippen LogP contribution in [0.15, 0.2) is 14.8 Å². The number of nitrogens with zero attached hydrogens (tertiary/aromatic N) is 5. The minimum absolute atomic E-state index is 0.00730. The van der Waals surface area contributed by atoms with Crippen LogP contribution >= 0.6 is 0 Å². The van der Waals surface area contributed by atoms with Gasteiger partial charge >= 0.3 is 5.95 Å². The van der Waals surface area contributed by atoms with Gasteiger partial charge in [0.15, 0.2) is 5.69 Å². The Morgan fingerprint density at radius 1 is 1.43 bits per heavy atom. The number of carbonyl (C=O) groups excluding carboxylic acids is 1. The van der Waals surface area contributed by atoms with Gasteiger partial charge in [0.25, 0.3) is 5.91 Å². The zero-order valence-corrected chi connectivity index (χ0v) is 12.2. The summed E-state index contributed by atoms with van der Waals surface area (Å²) in [7, 11) is 1.60. The fourth-order valence-corrected chi connectivity index (χ4v) is 1.91. The number of primary amides is 1. The molecular formula is C12H16N6O3. The summed E-state index contributed by atoms with van der Waals surface area (Å²) >= 11 is 0. The van der Waals surface area contributed by atoms with E-state index in [0.29, 0.717) is 11.4 Å². The van der Waals surface area contributed by atoms with Gasteiger partial charge < -0.3 is 19.9 Å². The molecule has 0 unspecified atom stereocenters. The van der Waals surface area contributed by atoms with Crippen LogP contribution < -0.4 is 5.73 Å². The molecule has 0 saturated carbocycles. The first-order valence-corrected chi connectivity index (χ1v) is 6.26. The summed E-state index contributed by atoms with van der Waals surface area (Å²) in [5.41, 5.74) is 6.61. The van der Waals surface area contributed by atoms with Crippen LogP contribution in [0.4, 0.5) is 11.6 Å². The highest BCUT2D eigenvalue weighted by Crippen LogP contribution is 2.35. The Balaban J connectivity index is 2.41. The number of amides is 1. The van der Waals surface area contributed by atoms with Gasteiger partial charge in [0, 0.05) is 13.0 Å². The quantitative estimate of drug-likeness (QED) is 0.832. The van der Waals surface area contributed by atoms with Gasteiger partial charge in [-0.2, -0.15) is 0 Å². The van der Waals surface area contributed by atoms with Gasteiger partial charge in [-0.05, 0) is 6.92 Å². The molecule has 9 nitrogen and oxygen atoms in total. The predicted molar refractivity (Wildman–Crippen MR) is 72.9 cm³/mol. The fourth-order valence-electron chi connectivity index (χ4n) is 1.91. The molecule has 21 heavy (non-hydrogen) atoms. The van der Waals surface area contributed by atoms with Gasteiger partial charge in [-0.15, -0.1) is 10.2 Å². The van der Waals surface area contributed by atoms with Crippen LogP contribution in [-0.2, 0) is 7.05 Å². The molecule has 9 heteroatoms. The molecule has 2 rings (SSSR count). The van der Waals surface area contributed by atoms with Crippen molar-refractivity contribution in [2.45, 2.75) is 26.7 Å². The van der Waals surface area contributed by atoms with Gasteiger partial charge in [0.05, 0.1) is 5.69 Å². The zero-order chi connectivity index (χ0) is 15.7. The minimum Gasteiger partial charge on any atom is -0.478 e. The molecule has 0 aliphatic carbocycles. The van der Waals surface area contributed by atoms with Crippen LogP contribution in [0.1, 0.15) is 41.6 Å². The molecule has 112 valence electrons. The van der Waals surface area contributed by atoms with Crippen molar-refractivity contribution in [2.24, 2.45) is 23.0 Å². The van der Waals surface area contributed by atoms with E-state index in [0.717, 1.165) is 0 Å². The predicted octanol–water partition coefficient (Wildman–Crippen LogP) is 2.06. The largest absolute Gasteiger partial charge is 0.478 e. The highest BCUT2D eigenvalue weighted by atomic mass is 16.5. The van der Waals surface area contributed by atoms with E-state index in [4.69, 9.17) is 10.3 Å². The number of rotatable bonds is 4. The summed E-state index contributed by atoms with van der Waals surface area (Å²) in [6, 6.07) is 0. The average Bonchev–Trinajstić information content (AvgIpc) is 2.87. The summed E-state index contributed by atoms with van der Waals surface area (Å²) in [6.07, 6.45) is 0. The van der Waals surface area contributed by atoms with Crippen LogP contribution in [0, 0.1) is 6.92 Å². The monoisotopic (exact) mass is 292 g/mol. The molecule has 0 spiro atoms. The fraction of sp³-hybridized carbons (Fsp3) is 0.417. The standard InChI is InChI=1S/C12H16N6O3/c1-5(2)7-8(11(20)21-17-7)15-16-12-14-6(3)9(10(13)19)18(12)4/h5,20H,1-4H3,(H2,13,19). The van der Waals surface area contributed by atoms with Crippen LogP contribution in [-0.4, -0.2) is 25.7 Å². The third-order valence-corrected chi connectivity index (χ3v) is 2.94. The highest BCUT2D eigenvalue weighted by Gasteiger charge is 2.19. The topological polar surface area (TPSA) is 132 Å². The first-order chi connectivity index (χ1) is 9.82. The second-order valence-corrected chi connectivity index (χ2v) is 4.85. The summed E-state index contributed by atoms with van der Waals surface area (Å²) in [5, 5.41) is 21.2. The highest BCUT2D eigenvalue weighted by molar-refractivity contribution is 5.92. The third-order valence-electron chi connectivity index (χ3n) is 2.94. The maximum absolute atomic E-state index is 11.3. The molecule has 0 atom stereocenters. The molecule has 0 aliphatic heterocycles. The molecule has 3 N–H and O–H groups in total. The van der Waals surface area contributed by atoms with Gasteiger partial charge in [0.2, 0.25) is 5.95 Å². The number of hydrogen-bond donors (Lipinski definition) is 2. The van der Waals surface area contributed by atoms with Crippen LogP contribution in [0.5, 0.6) is 5.95 Å². The summed E-state index contributed by atoms with van der Waals surface area (Å²) in [4.78, 5) is 15.4. The van der Waals surface area contributed by atoms with Crippen molar-refractivity contribution in [1.29, 1.82) is 0 Å². The van der Waals surface area contributed by atoms with Crippen molar-refractivity contribution in [3.05, 3.63) is 17.1 Å². The smallest absolute Gasteiger partial charge is 0.337 e. The number of aromatic hydroxyl groups is 1. The van der Waals surface area contributed by atoms with Crippen molar-refractivity contribution < 1.29 is 14.4 Å². The number of nitrogens with two attached hydrogens (primary N) is 1. The Kier molecular flexibility index (Phi) is 3.74. The average molecular weight is 292 g/mol. The first-order valence-electron chi connectivity index (χ1n) is 6.26. The van der Waals surface area contributed by atoms with E-state index in [9.17, 15) is 9.90 Å². The number of hydrogen-bond acceptors (Lipinski definition) is 7. The molecule has 0 radical (unpaired) electrons. The Hall–Kier alpha value is -2.71. The molecular weight excluding hydrogens is 276 g/mol. The lowest BCUT2D eigenvalue weighted by molar-refractivity contribution is 0.0992. The van der Waals surface area contributed by atoms with Gasteiger partial charge in [0.1, 0.15) is 11.4 Å². The Bertz CT molecular complexity index is 713. The normalized spacial score (nSPS) is 11.7. The van der Waals surface area contributed by atoms with E-state index >= 15 is 0 Å². The van der Waals surface area contributed by atoms with Gasteiger partial charge in [-0.25, -0.2) is 4.98 Å². The maximum atomic E-state index is 11.3. The molecule has 2 heterocycles. The molecule has 0 bridgehead atoms. The van der Waals surface area contributed by atoms with Gasteiger partial charge in [-0.3, -0.25) is 4.79 Å². The van der Waals surface area contributed by atoms with Crippen LogP contribution in [0.25, 0.3) is 0 Å². The molecule has 0 saturated heterocycles. The van der Waals surface area contributed by atoms with E-state index in [-0.39, 0.29) is 23.2 Å². The third kappa shape index (κ3) is 2.62. The van der Waals surface area contributed by atoms with E-state index in [1.165, 1.54) is 4.57 Å². The van der Waals surface area contributed by atoms with E-state index in [2.05, 4.69) is 20.4 Å². The first kappa shape index (κ1) is 14.7. The lowest BCUT2D eigenvalue weighted by atomic mass is 10.1. The summed E-state index contributed by atoms with van der Waals surface area (Å²) in [6.45, 7) is 5.41. The van der Waals surface area contributed by atoms with E-state index in [1.54, 1.807) is 14.0 Å². The molecule has 0 fully saturated rings.